The van der Waals surface area contributed by atoms with Gasteiger partial charge in [0.1, 0.15) is 0 Å². The molecule has 4 unspecified atom stereocenters. The maximum Gasteiger partial charge on any atom is 0.194 e. The summed E-state index contributed by atoms with van der Waals surface area (Å²) in [7, 11) is 0. The van der Waals surface area contributed by atoms with E-state index >= 15 is 0 Å². The van der Waals surface area contributed by atoms with Crippen LogP contribution in [0.3, 0.4) is 0 Å². The van der Waals surface area contributed by atoms with Crippen molar-refractivity contribution in [1.82, 2.24) is 0 Å². The van der Waals surface area contributed by atoms with Crippen LogP contribution in [0.1, 0.15) is 64.4 Å². The first-order valence-electron chi connectivity index (χ1n) is 7.69. The van der Waals surface area contributed by atoms with Gasteiger partial charge in [-0.15, -0.1) is 0 Å². The minimum Gasteiger partial charge on any atom is -0.204 e. The second kappa shape index (κ2) is 6.41. The number of benzene rings is 1. The molecule has 2 saturated carbocycles. The summed E-state index contributed by atoms with van der Waals surface area (Å²) >= 11 is 0. The smallest absolute Gasteiger partial charge is 0.194 e. The van der Waals surface area contributed by atoms with Crippen molar-refractivity contribution in [2.24, 2.45) is 17.8 Å². The molecule has 0 radical (unpaired) electrons. The summed E-state index contributed by atoms with van der Waals surface area (Å²) in [5.41, 5.74) is 0.637. The van der Waals surface area contributed by atoms with E-state index in [1.54, 1.807) is 0 Å². The molecule has 0 saturated heterocycles. The second-order valence-corrected chi connectivity index (χ2v) is 6.75. The van der Waals surface area contributed by atoms with Crippen molar-refractivity contribution in [3.63, 3.8) is 0 Å². The first-order chi connectivity index (χ1) is 9.54. The predicted octanol–water partition coefficient (Wildman–Crippen LogP) is 6.06. The van der Waals surface area contributed by atoms with E-state index in [-0.39, 0.29) is 13.3 Å². The molecule has 0 bridgehead atoms. The highest BCUT2D eigenvalue weighted by Gasteiger charge is 2.35. The third kappa shape index (κ3) is 3.27. The zero-order chi connectivity index (χ0) is 14.3. The molecule has 0 aromatic heterocycles. The van der Waals surface area contributed by atoms with Gasteiger partial charge in [0.05, 0.1) is 0 Å². The largest absolute Gasteiger partial charge is 0.204 e. The molecule has 4 atom stereocenters. The number of fused-ring (bicyclic) bond motifs is 1. The molecule has 2 aliphatic rings. The second-order valence-electron chi connectivity index (χ2n) is 6.75. The summed E-state index contributed by atoms with van der Waals surface area (Å²) < 4.78 is 39.8. The zero-order valence-electron chi connectivity index (χ0n) is 11.8. The van der Waals surface area contributed by atoms with Crippen molar-refractivity contribution in [1.29, 1.82) is 0 Å². The van der Waals surface area contributed by atoms with Crippen LogP contribution >= 0.6 is 0 Å². The molecule has 0 N–H and O–H groups in total. The maximum atomic E-state index is 13.4. The monoisotopic (exact) mass is 298 g/mol. The van der Waals surface area contributed by atoms with Crippen LogP contribution in [-0.4, -0.2) is 0 Å². The molecular weight excluding hydrogens is 273 g/mol. The number of halogens is 3. The summed E-state index contributed by atoms with van der Waals surface area (Å²) in [6.07, 6.45) is 6.90. The van der Waals surface area contributed by atoms with Crippen molar-refractivity contribution in [2.45, 2.75) is 58.8 Å². The number of rotatable bonds is 1. The minimum atomic E-state index is -1.35. The molecule has 118 valence electrons. The molecule has 3 heteroatoms. The van der Waals surface area contributed by atoms with E-state index in [0.717, 1.165) is 31.1 Å². The molecule has 0 heterocycles. The van der Waals surface area contributed by atoms with Gasteiger partial charge in [-0.05, 0) is 73.5 Å². The Morgan fingerprint density at radius 3 is 2.10 bits per heavy atom. The normalized spacial score (nSPS) is 32.2. The highest BCUT2D eigenvalue weighted by atomic mass is 19.2. The highest BCUT2D eigenvalue weighted by molar-refractivity contribution is 5.24. The van der Waals surface area contributed by atoms with E-state index < -0.39 is 17.5 Å². The van der Waals surface area contributed by atoms with Gasteiger partial charge in [-0.25, -0.2) is 13.2 Å². The summed E-state index contributed by atoms with van der Waals surface area (Å²) in [6, 6.07) is 2.38. The van der Waals surface area contributed by atoms with Gasteiger partial charge in [-0.2, -0.15) is 0 Å². The number of hydrogen-bond donors (Lipinski definition) is 0. The van der Waals surface area contributed by atoms with E-state index in [0.29, 0.717) is 11.5 Å². The van der Waals surface area contributed by atoms with Crippen LogP contribution in [0.5, 0.6) is 0 Å². The van der Waals surface area contributed by atoms with Gasteiger partial charge in [-0.1, -0.05) is 20.8 Å². The first-order valence-corrected chi connectivity index (χ1v) is 7.69. The molecule has 0 spiro atoms. The minimum absolute atomic E-state index is 0. The number of hydrogen-bond acceptors (Lipinski definition) is 0. The van der Waals surface area contributed by atoms with Crippen LogP contribution in [0, 0.1) is 35.2 Å². The summed E-state index contributed by atoms with van der Waals surface area (Å²) in [5, 5.41) is 0. The Morgan fingerprint density at radius 2 is 1.43 bits per heavy atom. The van der Waals surface area contributed by atoms with Gasteiger partial charge in [0, 0.05) is 0 Å². The molecule has 0 nitrogen and oxygen atoms in total. The molecule has 0 amide bonds. The molecule has 0 aliphatic heterocycles. The standard InChI is InChI=1S/C17H21F3.CH4/c1-10-2-3-12-7-13(5-4-11(12)6-10)14-8-15(18)17(20)16(19)9-14;/h8-13H,2-7H2,1H3;1H4. The van der Waals surface area contributed by atoms with Gasteiger partial charge in [-0.3, -0.25) is 0 Å². The van der Waals surface area contributed by atoms with Crippen LogP contribution in [0.2, 0.25) is 0 Å². The third-order valence-electron chi connectivity index (χ3n) is 5.35. The van der Waals surface area contributed by atoms with E-state index in [4.69, 9.17) is 0 Å². The van der Waals surface area contributed by atoms with Crippen molar-refractivity contribution in [3.8, 4) is 0 Å². The Morgan fingerprint density at radius 1 is 0.857 bits per heavy atom. The van der Waals surface area contributed by atoms with Crippen molar-refractivity contribution in [3.05, 3.63) is 35.1 Å². The Bertz CT molecular complexity index is 474. The summed E-state index contributed by atoms with van der Waals surface area (Å²) in [6.45, 7) is 2.31. The fourth-order valence-corrected chi connectivity index (χ4v) is 4.24. The molecule has 1 aromatic rings. The van der Waals surface area contributed by atoms with Gasteiger partial charge >= 0.3 is 0 Å². The molecule has 2 fully saturated rings. The Balaban J connectivity index is 0.00000161. The Labute approximate surface area is 125 Å². The summed E-state index contributed by atoms with van der Waals surface area (Å²) in [5.74, 6) is -0.998. The lowest BCUT2D eigenvalue weighted by Gasteiger charge is -2.41. The van der Waals surface area contributed by atoms with Gasteiger partial charge in [0.2, 0.25) is 0 Å². The van der Waals surface area contributed by atoms with Crippen LogP contribution in [-0.2, 0) is 0 Å². The SMILES string of the molecule is C.CC1CCC2CC(c3cc(F)c(F)c(F)c3)CCC2C1. The van der Waals surface area contributed by atoms with Crippen LogP contribution in [0.4, 0.5) is 13.2 Å². The van der Waals surface area contributed by atoms with Crippen molar-refractivity contribution < 1.29 is 13.2 Å². The summed E-state index contributed by atoms with van der Waals surface area (Å²) in [4.78, 5) is 0. The fourth-order valence-electron chi connectivity index (χ4n) is 4.24. The quantitative estimate of drug-likeness (QED) is 0.553. The molecule has 2 aliphatic carbocycles. The van der Waals surface area contributed by atoms with E-state index in [9.17, 15) is 13.2 Å². The van der Waals surface area contributed by atoms with Gasteiger partial charge < -0.3 is 0 Å². The van der Waals surface area contributed by atoms with Crippen molar-refractivity contribution in [2.75, 3.05) is 0 Å². The molecular formula is C18H25F3. The predicted molar refractivity (Wildman–Crippen MR) is 79.6 cm³/mol. The van der Waals surface area contributed by atoms with Crippen LogP contribution in [0.25, 0.3) is 0 Å². The van der Waals surface area contributed by atoms with E-state index in [1.807, 2.05) is 0 Å². The van der Waals surface area contributed by atoms with Gasteiger partial charge in [0.25, 0.3) is 0 Å². The topological polar surface area (TPSA) is 0 Å². The molecule has 1 aromatic carbocycles. The average molecular weight is 298 g/mol. The van der Waals surface area contributed by atoms with Crippen LogP contribution in [0.15, 0.2) is 12.1 Å². The molecule has 3 rings (SSSR count). The van der Waals surface area contributed by atoms with E-state index in [1.165, 1.54) is 31.4 Å². The zero-order valence-corrected chi connectivity index (χ0v) is 11.8. The Kier molecular flexibility index (Phi) is 5.00. The lowest BCUT2D eigenvalue weighted by Crippen LogP contribution is -2.29. The Hall–Kier alpha value is -0.990. The van der Waals surface area contributed by atoms with Crippen LogP contribution < -0.4 is 0 Å². The molecule has 21 heavy (non-hydrogen) atoms. The third-order valence-corrected chi connectivity index (χ3v) is 5.35. The maximum absolute atomic E-state index is 13.4. The lowest BCUT2D eigenvalue weighted by molar-refractivity contribution is 0.124. The first kappa shape index (κ1) is 16.4. The fraction of sp³-hybridized carbons (Fsp3) is 0.667. The van der Waals surface area contributed by atoms with Gasteiger partial charge in [0.15, 0.2) is 17.5 Å². The van der Waals surface area contributed by atoms with Crippen molar-refractivity contribution >= 4 is 0 Å². The lowest BCUT2D eigenvalue weighted by atomic mass is 9.64. The average Bonchev–Trinajstić information content (AvgIpc) is 2.43. The highest BCUT2D eigenvalue weighted by Crippen LogP contribution is 2.47. The van der Waals surface area contributed by atoms with E-state index in [2.05, 4.69) is 6.92 Å².